The Morgan fingerprint density at radius 1 is 1.35 bits per heavy atom. The van der Waals surface area contributed by atoms with E-state index in [1.165, 1.54) is 7.11 Å². The lowest BCUT2D eigenvalue weighted by Crippen LogP contribution is -2.30. The van der Waals surface area contributed by atoms with Gasteiger partial charge in [0.15, 0.2) is 0 Å². The van der Waals surface area contributed by atoms with Gasteiger partial charge in [0.05, 0.1) is 13.0 Å². The minimum absolute atomic E-state index is 0.0579. The topological polar surface area (TPSA) is 46.6 Å². The van der Waals surface area contributed by atoms with Crippen molar-refractivity contribution in [1.29, 1.82) is 0 Å². The third-order valence-corrected chi connectivity index (χ3v) is 4.06. The van der Waals surface area contributed by atoms with Gasteiger partial charge in [-0.1, -0.05) is 18.5 Å². The second kappa shape index (κ2) is 5.83. The highest BCUT2D eigenvalue weighted by Crippen LogP contribution is 2.26. The largest absolute Gasteiger partial charge is 0.469 e. The standard InChI is InChI=1S/C15H18ClNO3/c1-9-6-11(16)4-5-12(9)14(18)17-7-10(2)13(8-17)15(19)20-3/h4-6,10,13H,7-8H2,1-3H3. The van der Waals surface area contributed by atoms with Crippen molar-refractivity contribution >= 4 is 23.5 Å². The molecule has 108 valence electrons. The minimum Gasteiger partial charge on any atom is -0.469 e. The molecular formula is C15H18ClNO3. The summed E-state index contributed by atoms with van der Waals surface area (Å²) in [5.74, 6) is -0.436. The maximum atomic E-state index is 12.5. The molecule has 1 heterocycles. The summed E-state index contributed by atoms with van der Waals surface area (Å²) in [5, 5.41) is 0.612. The second-order valence-corrected chi connectivity index (χ2v) is 5.71. The molecule has 0 saturated carbocycles. The normalized spacial score (nSPS) is 21.9. The van der Waals surface area contributed by atoms with Crippen LogP contribution < -0.4 is 0 Å². The summed E-state index contributed by atoms with van der Waals surface area (Å²) in [4.78, 5) is 25.9. The molecule has 20 heavy (non-hydrogen) atoms. The molecule has 1 fully saturated rings. The number of carbonyl (C=O) groups is 2. The molecule has 1 aliphatic heterocycles. The number of nitrogens with zero attached hydrogens (tertiary/aromatic N) is 1. The summed E-state index contributed by atoms with van der Waals surface area (Å²) < 4.78 is 4.78. The number of esters is 1. The van der Waals surface area contributed by atoms with E-state index < -0.39 is 0 Å². The molecule has 0 radical (unpaired) electrons. The van der Waals surface area contributed by atoms with Crippen molar-refractivity contribution in [1.82, 2.24) is 4.90 Å². The monoisotopic (exact) mass is 295 g/mol. The number of halogens is 1. The Morgan fingerprint density at radius 2 is 2.05 bits per heavy atom. The van der Waals surface area contributed by atoms with Crippen LogP contribution in [-0.4, -0.2) is 37.0 Å². The fraction of sp³-hybridized carbons (Fsp3) is 0.467. The van der Waals surface area contributed by atoms with Crippen LogP contribution in [0.4, 0.5) is 0 Å². The van der Waals surface area contributed by atoms with Crippen LogP contribution in [0.15, 0.2) is 18.2 Å². The lowest BCUT2D eigenvalue weighted by atomic mass is 9.99. The van der Waals surface area contributed by atoms with E-state index in [0.717, 1.165) is 5.56 Å². The van der Waals surface area contributed by atoms with Gasteiger partial charge in [0.2, 0.25) is 0 Å². The predicted molar refractivity (Wildman–Crippen MR) is 76.8 cm³/mol. The van der Waals surface area contributed by atoms with Gasteiger partial charge < -0.3 is 9.64 Å². The number of hydrogen-bond acceptors (Lipinski definition) is 3. The summed E-state index contributed by atoms with van der Waals surface area (Å²) in [6.45, 7) is 4.80. The third kappa shape index (κ3) is 2.80. The van der Waals surface area contributed by atoms with E-state index in [0.29, 0.717) is 23.7 Å². The Balaban J connectivity index is 2.17. The lowest BCUT2D eigenvalue weighted by Gasteiger charge is -2.17. The van der Waals surface area contributed by atoms with Crippen molar-refractivity contribution in [3.63, 3.8) is 0 Å². The van der Waals surface area contributed by atoms with Gasteiger partial charge in [-0.15, -0.1) is 0 Å². The van der Waals surface area contributed by atoms with Gasteiger partial charge in [-0.05, 0) is 36.6 Å². The smallest absolute Gasteiger partial charge is 0.310 e. The number of methoxy groups -OCH3 is 1. The summed E-state index contributed by atoms with van der Waals surface area (Å²) in [6.07, 6.45) is 0. The molecule has 0 spiro atoms. The molecular weight excluding hydrogens is 278 g/mol. The first-order valence-corrected chi connectivity index (χ1v) is 6.95. The fourth-order valence-corrected chi connectivity index (χ4v) is 2.85. The maximum Gasteiger partial charge on any atom is 0.310 e. The predicted octanol–water partition coefficient (Wildman–Crippen LogP) is 2.53. The number of amides is 1. The molecule has 0 aromatic heterocycles. The third-order valence-electron chi connectivity index (χ3n) is 3.82. The van der Waals surface area contributed by atoms with Crippen LogP contribution in [0, 0.1) is 18.8 Å². The molecule has 1 aromatic rings. The van der Waals surface area contributed by atoms with E-state index in [1.54, 1.807) is 23.1 Å². The molecule has 0 bridgehead atoms. The summed E-state index contributed by atoms with van der Waals surface area (Å²) >= 11 is 5.90. The van der Waals surface area contributed by atoms with Crippen molar-refractivity contribution < 1.29 is 14.3 Å². The van der Waals surface area contributed by atoms with Crippen molar-refractivity contribution in [3.05, 3.63) is 34.3 Å². The van der Waals surface area contributed by atoms with E-state index in [-0.39, 0.29) is 23.7 Å². The fourth-order valence-electron chi connectivity index (χ4n) is 2.63. The molecule has 1 aliphatic rings. The van der Waals surface area contributed by atoms with E-state index in [4.69, 9.17) is 16.3 Å². The maximum absolute atomic E-state index is 12.5. The quantitative estimate of drug-likeness (QED) is 0.788. The number of ether oxygens (including phenoxy) is 1. The molecule has 2 unspecified atom stereocenters. The highest BCUT2D eigenvalue weighted by Gasteiger charge is 2.38. The number of likely N-dealkylation sites (tertiary alicyclic amines) is 1. The van der Waals surface area contributed by atoms with Crippen LogP contribution >= 0.6 is 11.6 Å². The van der Waals surface area contributed by atoms with Crippen LogP contribution in [0.1, 0.15) is 22.8 Å². The molecule has 2 atom stereocenters. The Kier molecular flexibility index (Phi) is 4.33. The van der Waals surface area contributed by atoms with Crippen LogP contribution in [0.5, 0.6) is 0 Å². The molecule has 0 N–H and O–H groups in total. The van der Waals surface area contributed by atoms with Gasteiger partial charge in [0, 0.05) is 23.7 Å². The van der Waals surface area contributed by atoms with Crippen molar-refractivity contribution in [2.75, 3.05) is 20.2 Å². The molecule has 1 amide bonds. The Hall–Kier alpha value is -1.55. The zero-order valence-corrected chi connectivity index (χ0v) is 12.6. The van der Waals surface area contributed by atoms with Crippen LogP contribution in [0.25, 0.3) is 0 Å². The molecule has 0 aliphatic carbocycles. The summed E-state index contributed by atoms with van der Waals surface area (Å²) in [5.41, 5.74) is 1.48. The number of rotatable bonds is 2. The Bertz CT molecular complexity index is 544. The first kappa shape index (κ1) is 14.9. The number of carbonyl (C=O) groups excluding carboxylic acids is 2. The zero-order valence-electron chi connectivity index (χ0n) is 11.9. The zero-order chi connectivity index (χ0) is 14.9. The van der Waals surface area contributed by atoms with Gasteiger partial charge in [0.25, 0.3) is 5.91 Å². The average Bonchev–Trinajstić information content (AvgIpc) is 2.79. The Labute approximate surface area is 123 Å². The van der Waals surface area contributed by atoms with Gasteiger partial charge in [-0.3, -0.25) is 9.59 Å². The van der Waals surface area contributed by atoms with Gasteiger partial charge in [-0.2, -0.15) is 0 Å². The number of aryl methyl sites for hydroxylation is 1. The minimum atomic E-state index is -0.249. The molecule has 1 saturated heterocycles. The molecule has 2 rings (SSSR count). The lowest BCUT2D eigenvalue weighted by molar-refractivity contribution is -0.146. The molecule has 4 nitrogen and oxygen atoms in total. The van der Waals surface area contributed by atoms with Crippen molar-refractivity contribution in [2.45, 2.75) is 13.8 Å². The molecule has 5 heteroatoms. The van der Waals surface area contributed by atoms with Crippen LogP contribution in [0.3, 0.4) is 0 Å². The van der Waals surface area contributed by atoms with Crippen LogP contribution in [0.2, 0.25) is 5.02 Å². The molecule has 1 aromatic carbocycles. The van der Waals surface area contributed by atoms with Gasteiger partial charge in [-0.25, -0.2) is 0 Å². The van der Waals surface area contributed by atoms with E-state index >= 15 is 0 Å². The van der Waals surface area contributed by atoms with E-state index in [2.05, 4.69) is 0 Å². The first-order valence-electron chi connectivity index (χ1n) is 6.57. The van der Waals surface area contributed by atoms with Crippen LogP contribution in [-0.2, 0) is 9.53 Å². The van der Waals surface area contributed by atoms with Crippen molar-refractivity contribution in [3.8, 4) is 0 Å². The van der Waals surface area contributed by atoms with E-state index in [9.17, 15) is 9.59 Å². The van der Waals surface area contributed by atoms with Gasteiger partial charge in [0.1, 0.15) is 0 Å². The van der Waals surface area contributed by atoms with Gasteiger partial charge >= 0.3 is 5.97 Å². The second-order valence-electron chi connectivity index (χ2n) is 5.28. The average molecular weight is 296 g/mol. The van der Waals surface area contributed by atoms with Crippen molar-refractivity contribution in [2.24, 2.45) is 11.8 Å². The first-order chi connectivity index (χ1) is 9.43. The highest BCUT2D eigenvalue weighted by molar-refractivity contribution is 6.30. The SMILES string of the molecule is COC(=O)C1CN(C(=O)c2ccc(Cl)cc2C)CC1C. The number of benzene rings is 1. The van der Waals surface area contributed by atoms with E-state index in [1.807, 2.05) is 13.8 Å². The Morgan fingerprint density at radius 3 is 2.65 bits per heavy atom. The number of hydrogen-bond donors (Lipinski definition) is 0. The highest BCUT2D eigenvalue weighted by atomic mass is 35.5. The summed E-state index contributed by atoms with van der Waals surface area (Å²) in [6, 6.07) is 5.21. The summed E-state index contributed by atoms with van der Waals surface area (Å²) in [7, 11) is 1.38.